The lowest BCUT2D eigenvalue weighted by Crippen LogP contribution is -2.32. The number of furan rings is 1. The number of thiophene rings is 1. The molecule has 1 amide bonds. The monoisotopic (exact) mass is 291 g/mol. The molecule has 1 aliphatic rings. The van der Waals surface area contributed by atoms with Crippen LogP contribution in [0.25, 0.3) is 0 Å². The van der Waals surface area contributed by atoms with Gasteiger partial charge in [-0.3, -0.25) is 15.1 Å². The molecule has 2 aromatic heterocycles. The van der Waals surface area contributed by atoms with Crippen molar-refractivity contribution in [1.82, 2.24) is 10.3 Å². The van der Waals surface area contributed by atoms with E-state index in [9.17, 15) is 4.79 Å². The molecule has 5 nitrogen and oxygen atoms in total. The van der Waals surface area contributed by atoms with Gasteiger partial charge in [-0.2, -0.15) is 0 Å². The normalized spacial score (nSPS) is 18.8. The predicted molar refractivity (Wildman–Crippen MR) is 77.2 cm³/mol. The Bertz CT molecular complexity index is 619. The summed E-state index contributed by atoms with van der Waals surface area (Å²) in [6, 6.07) is 4.33. The Morgan fingerprint density at radius 1 is 1.65 bits per heavy atom. The average Bonchev–Trinajstić information content (AvgIpc) is 3.10. The third-order valence-electron chi connectivity index (χ3n) is 3.81. The SMILES string of the molecule is CC1c2ccsc2CCN1Cc1cc(C(=O)NN)co1. The summed E-state index contributed by atoms with van der Waals surface area (Å²) in [6.45, 7) is 3.92. The van der Waals surface area contributed by atoms with Crippen molar-refractivity contribution in [3.05, 3.63) is 45.5 Å². The van der Waals surface area contributed by atoms with Crippen molar-refractivity contribution in [2.45, 2.75) is 25.9 Å². The van der Waals surface area contributed by atoms with Crippen LogP contribution < -0.4 is 11.3 Å². The molecule has 0 radical (unpaired) electrons. The van der Waals surface area contributed by atoms with Crippen molar-refractivity contribution in [2.75, 3.05) is 6.54 Å². The summed E-state index contributed by atoms with van der Waals surface area (Å²) in [5, 5.41) is 2.15. The van der Waals surface area contributed by atoms with Crippen LogP contribution in [0.3, 0.4) is 0 Å². The molecule has 6 heteroatoms. The fourth-order valence-corrected chi connectivity index (χ4v) is 3.61. The minimum absolute atomic E-state index is 0.327. The molecule has 3 rings (SSSR count). The molecule has 0 bridgehead atoms. The highest BCUT2D eigenvalue weighted by Crippen LogP contribution is 2.33. The molecule has 20 heavy (non-hydrogen) atoms. The van der Waals surface area contributed by atoms with Gasteiger partial charge in [0, 0.05) is 17.5 Å². The number of fused-ring (bicyclic) bond motifs is 1. The summed E-state index contributed by atoms with van der Waals surface area (Å²) in [6.07, 6.45) is 2.52. The van der Waals surface area contributed by atoms with Gasteiger partial charge in [-0.25, -0.2) is 5.84 Å². The first kappa shape index (κ1) is 13.4. The number of nitrogens with one attached hydrogen (secondary N) is 1. The maximum atomic E-state index is 11.4. The number of hydrogen-bond acceptors (Lipinski definition) is 5. The minimum atomic E-state index is -0.327. The molecule has 0 spiro atoms. The molecular formula is C14H17N3O2S. The van der Waals surface area contributed by atoms with Gasteiger partial charge in [0.15, 0.2) is 0 Å². The zero-order valence-corrected chi connectivity index (χ0v) is 12.1. The molecule has 1 atom stereocenters. The zero-order chi connectivity index (χ0) is 14.1. The first-order chi connectivity index (χ1) is 9.69. The molecule has 3 heterocycles. The molecule has 2 aromatic rings. The third kappa shape index (κ3) is 2.37. The molecule has 1 aliphatic heterocycles. The van der Waals surface area contributed by atoms with Gasteiger partial charge in [-0.05, 0) is 36.4 Å². The highest BCUT2D eigenvalue weighted by Gasteiger charge is 2.25. The van der Waals surface area contributed by atoms with Crippen molar-refractivity contribution >= 4 is 17.2 Å². The Morgan fingerprint density at radius 2 is 2.50 bits per heavy atom. The Labute approximate surface area is 121 Å². The molecule has 3 N–H and O–H groups in total. The lowest BCUT2D eigenvalue weighted by Gasteiger charge is -2.32. The van der Waals surface area contributed by atoms with Crippen LogP contribution >= 0.6 is 11.3 Å². The zero-order valence-electron chi connectivity index (χ0n) is 11.3. The lowest BCUT2D eigenvalue weighted by molar-refractivity contribution is 0.0953. The van der Waals surface area contributed by atoms with E-state index in [1.807, 2.05) is 11.3 Å². The van der Waals surface area contributed by atoms with Gasteiger partial charge >= 0.3 is 0 Å². The Kier molecular flexibility index (Phi) is 3.60. The Hall–Kier alpha value is -1.63. The minimum Gasteiger partial charge on any atom is -0.467 e. The number of nitrogens with two attached hydrogens (primary N) is 1. The lowest BCUT2D eigenvalue weighted by atomic mass is 10.0. The standard InChI is InChI=1S/C14H17N3O2S/c1-9-12-3-5-20-13(12)2-4-17(9)7-11-6-10(8-19-11)14(18)16-15/h3,5-6,8-9H,2,4,7,15H2,1H3,(H,16,18). The Morgan fingerprint density at radius 3 is 3.30 bits per heavy atom. The number of nitrogen functional groups attached to an aromatic ring is 1. The summed E-state index contributed by atoms with van der Waals surface area (Å²) in [5.74, 6) is 5.57. The number of hydrazine groups is 1. The highest BCUT2D eigenvalue weighted by molar-refractivity contribution is 7.10. The summed E-state index contributed by atoms with van der Waals surface area (Å²) in [5.41, 5.74) is 3.98. The molecule has 106 valence electrons. The molecule has 0 saturated carbocycles. The molecule has 0 saturated heterocycles. The first-order valence-electron chi connectivity index (χ1n) is 6.57. The van der Waals surface area contributed by atoms with Crippen LogP contribution in [0, 0.1) is 0 Å². The van der Waals surface area contributed by atoms with Crippen molar-refractivity contribution in [2.24, 2.45) is 5.84 Å². The molecule has 1 unspecified atom stereocenters. The largest absolute Gasteiger partial charge is 0.467 e. The smallest absolute Gasteiger partial charge is 0.268 e. The van der Waals surface area contributed by atoms with Crippen LogP contribution in [0.2, 0.25) is 0 Å². The van der Waals surface area contributed by atoms with Gasteiger partial charge in [-0.1, -0.05) is 0 Å². The maximum Gasteiger partial charge on any atom is 0.268 e. The Balaban J connectivity index is 1.73. The van der Waals surface area contributed by atoms with Crippen molar-refractivity contribution < 1.29 is 9.21 Å². The van der Waals surface area contributed by atoms with Gasteiger partial charge in [0.2, 0.25) is 0 Å². The fourth-order valence-electron chi connectivity index (χ4n) is 2.64. The molecule has 0 fully saturated rings. The van der Waals surface area contributed by atoms with Gasteiger partial charge < -0.3 is 4.42 Å². The van der Waals surface area contributed by atoms with Crippen LogP contribution in [0.5, 0.6) is 0 Å². The average molecular weight is 291 g/mol. The fraction of sp³-hybridized carbons (Fsp3) is 0.357. The van der Waals surface area contributed by atoms with Crippen LogP contribution in [-0.2, 0) is 13.0 Å². The second kappa shape index (κ2) is 5.40. The van der Waals surface area contributed by atoms with E-state index in [2.05, 4.69) is 28.7 Å². The molecular weight excluding hydrogens is 274 g/mol. The third-order valence-corrected chi connectivity index (χ3v) is 4.81. The van der Waals surface area contributed by atoms with E-state index >= 15 is 0 Å². The number of carbonyl (C=O) groups excluding carboxylic acids is 1. The van der Waals surface area contributed by atoms with E-state index in [0.717, 1.165) is 18.7 Å². The summed E-state index contributed by atoms with van der Waals surface area (Å²) in [4.78, 5) is 15.2. The van der Waals surface area contributed by atoms with Gasteiger partial charge in [0.05, 0.1) is 12.1 Å². The quantitative estimate of drug-likeness (QED) is 0.516. The topological polar surface area (TPSA) is 71.5 Å². The van der Waals surface area contributed by atoms with E-state index in [4.69, 9.17) is 10.3 Å². The van der Waals surface area contributed by atoms with Crippen LogP contribution in [-0.4, -0.2) is 17.4 Å². The number of hydrogen-bond donors (Lipinski definition) is 2. The summed E-state index contributed by atoms with van der Waals surface area (Å²) in [7, 11) is 0. The van der Waals surface area contributed by atoms with Gasteiger partial charge in [-0.15, -0.1) is 11.3 Å². The first-order valence-corrected chi connectivity index (χ1v) is 7.45. The van der Waals surface area contributed by atoms with Crippen molar-refractivity contribution in [3.8, 4) is 0 Å². The molecule has 0 aromatic carbocycles. The second-order valence-corrected chi connectivity index (χ2v) is 5.97. The van der Waals surface area contributed by atoms with Crippen molar-refractivity contribution in [1.29, 1.82) is 0 Å². The predicted octanol–water partition coefficient (Wildman–Crippen LogP) is 2.06. The molecule has 0 aliphatic carbocycles. The van der Waals surface area contributed by atoms with E-state index in [1.54, 1.807) is 6.07 Å². The van der Waals surface area contributed by atoms with Gasteiger partial charge in [0.25, 0.3) is 5.91 Å². The van der Waals surface area contributed by atoms with E-state index in [0.29, 0.717) is 18.2 Å². The van der Waals surface area contributed by atoms with E-state index in [-0.39, 0.29) is 5.91 Å². The van der Waals surface area contributed by atoms with Gasteiger partial charge in [0.1, 0.15) is 12.0 Å². The number of nitrogens with zero attached hydrogens (tertiary/aromatic N) is 1. The van der Waals surface area contributed by atoms with Crippen molar-refractivity contribution in [3.63, 3.8) is 0 Å². The maximum absolute atomic E-state index is 11.4. The second-order valence-electron chi connectivity index (χ2n) is 4.97. The van der Waals surface area contributed by atoms with Crippen LogP contribution in [0.15, 0.2) is 28.2 Å². The number of carbonyl (C=O) groups is 1. The van der Waals surface area contributed by atoms with E-state index in [1.165, 1.54) is 16.7 Å². The van der Waals surface area contributed by atoms with E-state index < -0.39 is 0 Å². The van der Waals surface area contributed by atoms with Crippen LogP contribution in [0.4, 0.5) is 0 Å². The number of rotatable bonds is 3. The summed E-state index contributed by atoms with van der Waals surface area (Å²) < 4.78 is 5.45. The van der Waals surface area contributed by atoms with Crippen LogP contribution in [0.1, 0.15) is 39.5 Å². The summed E-state index contributed by atoms with van der Waals surface area (Å²) >= 11 is 1.83. The highest BCUT2D eigenvalue weighted by atomic mass is 32.1. The number of amides is 1.